The van der Waals surface area contributed by atoms with Crippen LogP contribution < -0.4 is 5.48 Å². The van der Waals surface area contributed by atoms with Crippen molar-refractivity contribution in [3.63, 3.8) is 0 Å². The lowest BCUT2D eigenvalue weighted by atomic mass is 9.98. The highest BCUT2D eigenvalue weighted by atomic mass is 35.5. The number of hydrogen-bond donors (Lipinski definition) is 5. The number of aliphatic hydroxyl groups excluding tert-OH is 3. The monoisotopic (exact) mass is 458 g/mol. The molecule has 2 aliphatic rings. The van der Waals surface area contributed by atoms with Crippen molar-refractivity contribution in [2.75, 3.05) is 6.54 Å². The number of ether oxygens (including phenoxy) is 1. The number of nitrogens with one attached hydrogen (secondary N) is 1. The molecule has 7 nitrogen and oxygen atoms in total. The first kappa shape index (κ1) is 21.9. The third kappa shape index (κ3) is 3.95. The van der Waals surface area contributed by atoms with E-state index in [1.165, 1.54) is 18.4 Å². The maximum Gasteiger partial charge on any atom is 0.163 e. The van der Waals surface area contributed by atoms with Crippen LogP contribution in [0.2, 0.25) is 5.02 Å². The summed E-state index contributed by atoms with van der Waals surface area (Å²) in [5.74, 6) is 0.702. The molecule has 2 heterocycles. The molecule has 2 fully saturated rings. The largest absolute Gasteiger partial charge is 0.388 e. The number of fused-ring (bicyclic) bond motifs is 1. The van der Waals surface area contributed by atoms with E-state index in [0.29, 0.717) is 17.4 Å². The quantitative estimate of drug-likeness (QED) is 0.364. The van der Waals surface area contributed by atoms with E-state index < -0.39 is 30.6 Å². The molecule has 0 spiro atoms. The second-order valence-corrected chi connectivity index (χ2v) is 9.19. The van der Waals surface area contributed by atoms with Gasteiger partial charge in [0.1, 0.15) is 24.4 Å². The third-order valence-corrected chi connectivity index (χ3v) is 6.88. The summed E-state index contributed by atoms with van der Waals surface area (Å²) in [6.45, 7) is -0.0956. The summed E-state index contributed by atoms with van der Waals surface area (Å²) in [7, 11) is 0. The summed E-state index contributed by atoms with van der Waals surface area (Å²) in [6, 6.07) is 14.2. The predicted octanol–water partition coefficient (Wildman–Crippen LogP) is 2.72. The number of rotatable bonds is 6. The minimum absolute atomic E-state index is 0.0956. The van der Waals surface area contributed by atoms with Gasteiger partial charge in [-0.3, -0.25) is 0 Å². The van der Waals surface area contributed by atoms with Gasteiger partial charge in [-0.2, -0.15) is 0 Å². The molecule has 5 unspecified atom stereocenters. The second-order valence-electron chi connectivity index (χ2n) is 8.79. The molecule has 5 atom stereocenters. The van der Waals surface area contributed by atoms with Crippen LogP contribution in [0, 0.1) is 0 Å². The summed E-state index contributed by atoms with van der Waals surface area (Å²) in [4.78, 5) is 0. The van der Waals surface area contributed by atoms with E-state index in [2.05, 4.69) is 24.3 Å². The molecule has 8 heteroatoms. The number of hydroxylamine groups is 1. The van der Waals surface area contributed by atoms with Crippen molar-refractivity contribution in [3.05, 3.63) is 70.4 Å². The van der Waals surface area contributed by atoms with Crippen LogP contribution in [0.4, 0.5) is 0 Å². The normalized spacial score (nSPS) is 28.3. The highest BCUT2D eigenvalue weighted by Crippen LogP contribution is 2.40. The first-order valence-corrected chi connectivity index (χ1v) is 11.3. The summed E-state index contributed by atoms with van der Waals surface area (Å²) < 4.78 is 7.66. The first-order valence-electron chi connectivity index (χ1n) is 10.9. The maximum atomic E-state index is 10.7. The molecule has 1 aliphatic heterocycles. The molecule has 32 heavy (non-hydrogen) atoms. The third-order valence-electron chi connectivity index (χ3n) is 6.56. The second kappa shape index (κ2) is 8.76. The fraction of sp³-hybridized carbons (Fsp3) is 0.417. The van der Waals surface area contributed by atoms with Gasteiger partial charge in [-0.15, -0.1) is 0 Å². The van der Waals surface area contributed by atoms with Gasteiger partial charge >= 0.3 is 0 Å². The zero-order valence-electron chi connectivity index (χ0n) is 17.4. The Morgan fingerprint density at radius 1 is 1.00 bits per heavy atom. The zero-order valence-corrected chi connectivity index (χ0v) is 18.2. The predicted molar refractivity (Wildman–Crippen MR) is 120 cm³/mol. The van der Waals surface area contributed by atoms with Crippen molar-refractivity contribution in [3.8, 4) is 0 Å². The van der Waals surface area contributed by atoms with E-state index in [-0.39, 0.29) is 6.54 Å². The van der Waals surface area contributed by atoms with E-state index in [1.807, 2.05) is 29.9 Å². The summed E-state index contributed by atoms with van der Waals surface area (Å²) in [6.07, 6.45) is -0.935. The maximum absolute atomic E-state index is 10.7. The molecule has 5 rings (SSSR count). The van der Waals surface area contributed by atoms with Crippen molar-refractivity contribution in [2.45, 2.75) is 55.8 Å². The highest BCUT2D eigenvalue weighted by molar-refractivity contribution is 6.35. The van der Waals surface area contributed by atoms with Gasteiger partial charge in [-0.25, -0.2) is 5.48 Å². The minimum atomic E-state index is -1.43. The van der Waals surface area contributed by atoms with Crippen molar-refractivity contribution in [2.24, 2.45) is 0 Å². The first-order chi connectivity index (χ1) is 15.5. The fourth-order valence-electron chi connectivity index (χ4n) is 4.66. The van der Waals surface area contributed by atoms with Gasteiger partial charge in [0.2, 0.25) is 0 Å². The molecule has 0 radical (unpaired) electrons. The molecular formula is C24H27ClN2O5. The summed E-state index contributed by atoms with van der Waals surface area (Å²) in [5.41, 5.74) is 6.22. The number of nitrogens with zero attached hydrogens (tertiary/aromatic N) is 1. The Balaban J connectivity index is 1.51. The Kier molecular flexibility index (Phi) is 5.98. The highest BCUT2D eigenvalue weighted by Gasteiger charge is 2.44. The van der Waals surface area contributed by atoms with E-state index >= 15 is 0 Å². The number of hydrogen-bond acceptors (Lipinski definition) is 6. The van der Waals surface area contributed by atoms with E-state index in [9.17, 15) is 15.3 Å². The van der Waals surface area contributed by atoms with Gasteiger partial charge < -0.3 is 29.8 Å². The lowest BCUT2D eigenvalue weighted by molar-refractivity contribution is -0.245. The Labute approximate surface area is 190 Å². The summed E-state index contributed by atoms with van der Waals surface area (Å²) >= 11 is 6.57. The van der Waals surface area contributed by atoms with Crippen LogP contribution in [-0.4, -0.2) is 56.1 Å². The average Bonchev–Trinajstić information content (AvgIpc) is 3.58. The van der Waals surface area contributed by atoms with Gasteiger partial charge in [0.05, 0.1) is 10.5 Å². The lowest BCUT2D eigenvalue weighted by Crippen LogP contribution is -2.57. The van der Waals surface area contributed by atoms with Crippen LogP contribution in [0.25, 0.3) is 10.9 Å². The standard InChI is InChI=1S/C24H27ClN2O5/c25-17-2-1-3-18-20(17)16(10-13-4-6-14(7-5-13)15-8-9-15)12-27(18)24-23(30)22(29)21(28)19(32-24)11-26-31/h1-7,12,15,19,21-24,26,28-31H,8-11H2. The minimum Gasteiger partial charge on any atom is -0.388 e. The topological polar surface area (TPSA) is 107 Å². The van der Waals surface area contributed by atoms with Crippen molar-refractivity contribution < 1.29 is 25.3 Å². The molecule has 0 amide bonds. The molecule has 0 bridgehead atoms. The van der Waals surface area contributed by atoms with Crippen LogP contribution >= 0.6 is 11.6 Å². The Morgan fingerprint density at radius 2 is 1.75 bits per heavy atom. The van der Waals surface area contributed by atoms with Gasteiger partial charge in [-0.1, -0.05) is 41.9 Å². The smallest absolute Gasteiger partial charge is 0.163 e. The number of aromatic nitrogens is 1. The number of benzene rings is 2. The van der Waals surface area contributed by atoms with E-state index in [0.717, 1.165) is 22.0 Å². The van der Waals surface area contributed by atoms with Crippen LogP contribution in [0.1, 0.15) is 41.7 Å². The van der Waals surface area contributed by atoms with Gasteiger partial charge in [0, 0.05) is 18.1 Å². The average molecular weight is 459 g/mol. The lowest BCUT2D eigenvalue weighted by Gasteiger charge is -2.41. The van der Waals surface area contributed by atoms with Crippen LogP contribution in [-0.2, 0) is 11.2 Å². The molecule has 5 N–H and O–H groups in total. The number of halogens is 1. The molecule has 1 aliphatic carbocycles. The molecule has 1 saturated carbocycles. The summed E-state index contributed by atoms with van der Waals surface area (Å²) in [5, 5.41) is 41.8. The van der Waals surface area contributed by atoms with E-state index in [1.54, 1.807) is 4.57 Å². The van der Waals surface area contributed by atoms with Crippen LogP contribution in [0.5, 0.6) is 0 Å². The fourth-order valence-corrected chi connectivity index (χ4v) is 4.95. The van der Waals surface area contributed by atoms with Gasteiger partial charge in [0.25, 0.3) is 0 Å². The molecule has 3 aromatic rings. The Morgan fingerprint density at radius 3 is 2.44 bits per heavy atom. The van der Waals surface area contributed by atoms with Crippen LogP contribution in [0.15, 0.2) is 48.7 Å². The number of aliphatic hydroxyl groups is 3. The molecule has 2 aromatic carbocycles. The molecular weight excluding hydrogens is 432 g/mol. The van der Waals surface area contributed by atoms with Crippen molar-refractivity contribution in [1.29, 1.82) is 0 Å². The zero-order chi connectivity index (χ0) is 22.4. The van der Waals surface area contributed by atoms with Crippen molar-refractivity contribution in [1.82, 2.24) is 10.0 Å². The SMILES string of the molecule is ONCC1OC(n2cc(Cc3ccc(C4CC4)cc3)c3c(Cl)cccc32)C(O)C(O)C1O. The van der Waals surface area contributed by atoms with Gasteiger partial charge in [0.15, 0.2) is 6.23 Å². The van der Waals surface area contributed by atoms with Gasteiger partial charge in [-0.05, 0) is 54.0 Å². The van der Waals surface area contributed by atoms with Crippen LogP contribution in [0.3, 0.4) is 0 Å². The van der Waals surface area contributed by atoms with Crippen molar-refractivity contribution >= 4 is 22.5 Å². The Bertz CT molecular complexity index is 1100. The molecule has 170 valence electrons. The van der Waals surface area contributed by atoms with E-state index in [4.69, 9.17) is 21.5 Å². The molecule has 1 aromatic heterocycles. The molecule has 1 saturated heterocycles. The Hall–Kier alpha value is -1.97.